The van der Waals surface area contributed by atoms with Gasteiger partial charge in [0.2, 0.25) is 11.8 Å². The summed E-state index contributed by atoms with van der Waals surface area (Å²) in [7, 11) is 0. The number of rotatable bonds is 5. The van der Waals surface area contributed by atoms with Crippen LogP contribution in [-0.2, 0) is 9.59 Å². The van der Waals surface area contributed by atoms with Gasteiger partial charge in [0.05, 0.1) is 6.61 Å². The predicted octanol–water partition coefficient (Wildman–Crippen LogP) is 1.35. The summed E-state index contributed by atoms with van der Waals surface area (Å²) in [5.41, 5.74) is -0.168. The Morgan fingerprint density at radius 2 is 2.10 bits per heavy atom. The zero-order chi connectivity index (χ0) is 15.5. The number of carbonyl (C=O) groups is 2. The van der Waals surface area contributed by atoms with Crippen molar-refractivity contribution < 1.29 is 14.7 Å². The van der Waals surface area contributed by atoms with Crippen LogP contribution >= 0.6 is 0 Å². The first kappa shape index (κ1) is 16.3. The van der Waals surface area contributed by atoms with Crippen LogP contribution in [0.1, 0.15) is 58.8 Å². The first-order valence-electron chi connectivity index (χ1n) is 8.19. The van der Waals surface area contributed by atoms with Gasteiger partial charge in [-0.15, -0.1) is 0 Å². The zero-order valence-corrected chi connectivity index (χ0v) is 13.2. The molecule has 2 rings (SSSR count). The van der Waals surface area contributed by atoms with E-state index < -0.39 is 6.04 Å². The fourth-order valence-corrected chi connectivity index (χ4v) is 3.65. The fraction of sp³-hybridized carbons (Fsp3) is 0.875. The maximum atomic E-state index is 12.5. The van der Waals surface area contributed by atoms with Gasteiger partial charge >= 0.3 is 0 Å². The molecule has 0 aromatic carbocycles. The second-order valence-corrected chi connectivity index (χ2v) is 6.97. The predicted molar refractivity (Wildman–Crippen MR) is 80.5 cm³/mol. The Morgan fingerprint density at radius 1 is 1.38 bits per heavy atom. The molecule has 1 saturated heterocycles. The number of nitrogens with one attached hydrogen (secondary N) is 2. The molecule has 0 aromatic rings. The van der Waals surface area contributed by atoms with E-state index in [0.29, 0.717) is 12.8 Å². The maximum absolute atomic E-state index is 12.5. The molecule has 1 aliphatic carbocycles. The topological polar surface area (TPSA) is 78.4 Å². The van der Waals surface area contributed by atoms with Gasteiger partial charge in [0.15, 0.2) is 0 Å². The van der Waals surface area contributed by atoms with Crippen LogP contribution in [0, 0.1) is 11.3 Å². The van der Waals surface area contributed by atoms with Gasteiger partial charge in [-0.3, -0.25) is 9.59 Å². The van der Waals surface area contributed by atoms with Crippen molar-refractivity contribution in [3.63, 3.8) is 0 Å². The molecule has 120 valence electrons. The number of aliphatic hydroxyl groups excluding tert-OH is 1. The SMILES string of the molecule is CC(C)[C@H](NC(=O)[C@@H]1CCCCC(=O)N1)C1(CO)CCC1. The molecule has 2 aliphatic rings. The van der Waals surface area contributed by atoms with Crippen LogP contribution in [0.15, 0.2) is 0 Å². The first-order chi connectivity index (χ1) is 9.98. The summed E-state index contributed by atoms with van der Waals surface area (Å²) in [6.07, 6.45) is 6.00. The molecule has 0 unspecified atom stereocenters. The van der Waals surface area contributed by atoms with E-state index in [9.17, 15) is 14.7 Å². The van der Waals surface area contributed by atoms with Crippen LogP contribution in [0.2, 0.25) is 0 Å². The van der Waals surface area contributed by atoms with Crippen molar-refractivity contribution in [3.8, 4) is 0 Å². The third-order valence-electron chi connectivity index (χ3n) is 5.09. The monoisotopic (exact) mass is 296 g/mol. The summed E-state index contributed by atoms with van der Waals surface area (Å²) < 4.78 is 0. The van der Waals surface area contributed by atoms with E-state index in [1.807, 2.05) is 0 Å². The van der Waals surface area contributed by atoms with E-state index in [4.69, 9.17) is 0 Å². The lowest BCUT2D eigenvalue weighted by Gasteiger charge is -2.48. The Labute approximate surface area is 126 Å². The van der Waals surface area contributed by atoms with Crippen LogP contribution in [0.25, 0.3) is 0 Å². The molecule has 1 aliphatic heterocycles. The number of hydrogen-bond donors (Lipinski definition) is 3. The Balaban J connectivity index is 2.02. The van der Waals surface area contributed by atoms with E-state index in [0.717, 1.165) is 32.1 Å². The van der Waals surface area contributed by atoms with Crippen molar-refractivity contribution in [2.45, 2.75) is 70.9 Å². The normalized spacial score (nSPS) is 26.5. The largest absolute Gasteiger partial charge is 0.396 e. The second-order valence-electron chi connectivity index (χ2n) is 6.97. The summed E-state index contributed by atoms with van der Waals surface area (Å²) in [5.74, 6) is 0.140. The number of aliphatic hydroxyl groups is 1. The minimum atomic E-state index is -0.419. The van der Waals surface area contributed by atoms with Crippen molar-refractivity contribution >= 4 is 11.8 Å². The number of amides is 2. The van der Waals surface area contributed by atoms with Gasteiger partial charge < -0.3 is 15.7 Å². The molecule has 5 nitrogen and oxygen atoms in total. The molecule has 0 aromatic heterocycles. The standard InChI is InChI=1S/C16H28N2O3/c1-11(2)14(16(10-19)8-5-9-16)18-15(21)12-6-3-4-7-13(20)17-12/h11-12,14,19H,3-10H2,1-2H3,(H,17,20)(H,18,21)/t12-,14-/m0/s1. The molecule has 0 spiro atoms. The Bertz CT molecular complexity index is 385. The highest BCUT2D eigenvalue weighted by Crippen LogP contribution is 2.45. The molecular formula is C16H28N2O3. The molecule has 2 fully saturated rings. The lowest BCUT2D eigenvalue weighted by atomic mass is 9.62. The average Bonchev–Trinajstić information content (AvgIpc) is 2.61. The van der Waals surface area contributed by atoms with E-state index >= 15 is 0 Å². The van der Waals surface area contributed by atoms with Gasteiger partial charge in [-0.25, -0.2) is 0 Å². The molecule has 1 saturated carbocycles. The van der Waals surface area contributed by atoms with Gasteiger partial charge in [-0.05, 0) is 31.6 Å². The lowest BCUT2D eigenvalue weighted by Crippen LogP contribution is -2.59. The minimum Gasteiger partial charge on any atom is -0.396 e. The van der Waals surface area contributed by atoms with Gasteiger partial charge in [0.1, 0.15) is 6.04 Å². The Morgan fingerprint density at radius 3 is 2.62 bits per heavy atom. The fourth-order valence-electron chi connectivity index (χ4n) is 3.65. The Hall–Kier alpha value is -1.10. The van der Waals surface area contributed by atoms with Crippen LogP contribution < -0.4 is 10.6 Å². The summed E-state index contributed by atoms with van der Waals surface area (Å²) >= 11 is 0. The van der Waals surface area contributed by atoms with Crippen molar-refractivity contribution in [2.24, 2.45) is 11.3 Å². The lowest BCUT2D eigenvalue weighted by molar-refractivity contribution is -0.131. The van der Waals surface area contributed by atoms with E-state index in [2.05, 4.69) is 24.5 Å². The summed E-state index contributed by atoms with van der Waals surface area (Å²) in [6, 6.07) is -0.444. The maximum Gasteiger partial charge on any atom is 0.242 e. The third kappa shape index (κ3) is 3.57. The zero-order valence-electron chi connectivity index (χ0n) is 13.2. The minimum absolute atomic E-state index is 0.0242. The van der Waals surface area contributed by atoms with Crippen LogP contribution in [-0.4, -0.2) is 35.6 Å². The van der Waals surface area contributed by atoms with Crippen LogP contribution in [0.4, 0.5) is 0 Å². The summed E-state index contributed by atoms with van der Waals surface area (Å²) in [4.78, 5) is 24.1. The second kappa shape index (κ2) is 6.77. The van der Waals surface area contributed by atoms with E-state index in [-0.39, 0.29) is 35.8 Å². The van der Waals surface area contributed by atoms with Gasteiger partial charge in [0, 0.05) is 17.9 Å². The molecular weight excluding hydrogens is 268 g/mol. The third-order valence-corrected chi connectivity index (χ3v) is 5.09. The average molecular weight is 296 g/mol. The van der Waals surface area contributed by atoms with Crippen molar-refractivity contribution in [2.75, 3.05) is 6.61 Å². The first-order valence-corrected chi connectivity index (χ1v) is 8.19. The Kier molecular flexibility index (Phi) is 5.25. The summed E-state index contributed by atoms with van der Waals surface area (Å²) in [5, 5.41) is 15.7. The van der Waals surface area contributed by atoms with Crippen LogP contribution in [0.5, 0.6) is 0 Å². The van der Waals surface area contributed by atoms with Crippen LogP contribution in [0.3, 0.4) is 0 Å². The highest BCUT2D eigenvalue weighted by atomic mass is 16.3. The van der Waals surface area contributed by atoms with Gasteiger partial charge in [0.25, 0.3) is 0 Å². The van der Waals surface area contributed by atoms with Crippen molar-refractivity contribution in [1.82, 2.24) is 10.6 Å². The molecule has 2 atom stereocenters. The molecule has 1 heterocycles. The van der Waals surface area contributed by atoms with Gasteiger partial charge in [-0.1, -0.05) is 26.7 Å². The molecule has 21 heavy (non-hydrogen) atoms. The highest BCUT2D eigenvalue weighted by Gasteiger charge is 2.46. The van der Waals surface area contributed by atoms with Crippen molar-refractivity contribution in [1.29, 1.82) is 0 Å². The number of carbonyl (C=O) groups excluding carboxylic acids is 2. The van der Waals surface area contributed by atoms with Gasteiger partial charge in [-0.2, -0.15) is 0 Å². The molecule has 5 heteroatoms. The van der Waals surface area contributed by atoms with Crippen molar-refractivity contribution in [3.05, 3.63) is 0 Å². The number of hydrogen-bond acceptors (Lipinski definition) is 3. The highest BCUT2D eigenvalue weighted by molar-refractivity contribution is 5.88. The smallest absolute Gasteiger partial charge is 0.242 e. The summed E-state index contributed by atoms with van der Waals surface area (Å²) in [6.45, 7) is 4.27. The van der Waals surface area contributed by atoms with E-state index in [1.54, 1.807) is 0 Å². The molecule has 2 amide bonds. The quantitative estimate of drug-likeness (QED) is 0.716. The molecule has 3 N–H and O–H groups in total. The molecule has 0 radical (unpaired) electrons. The molecule has 0 bridgehead atoms. The van der Waals surface area contributed by atoms with E-state index in [1.165, 1.54) is 0 Å².